The molecule has 3 saturated carbocycles. The molecule has 0 N–H and O–H groups in total. The van der Waals surface area contributed by atoms with Gasteiger partial charge in [0.05, 0.1) is 0 Å². The fraction of sp³-hybridized carbons (Fsp3) is 0.417. The minimum Gasteiger partial charge on any atom is -0.298 e. The van der Waals surface area contributed by atoms with Gasteiger partial charge in [0.25, 0.3) is 0 Å². The van der Waals surface area contributed by atoms with Crippen molar-refractivity contribution >= 4 is 23.2 Å². The summed E-state index contributed by atoms with van der Waals surface area (Å²) in [6.07, 6.45) is 4.17. The Labute approximate surface area is 164 Å². The summed E-state index contributed by atoms with van der Waals surface area (Å²) in [7, 11) is 0. The van der Waals surface area contributed by atoms with E-state index >= 15 is 0 Å². The number of fused-ring (bicyclic) bond motifs is 5. The summed E-state index contributed by atoms with van der Waals surface area (Å²) in [6, 6.07) is 14.0. The summed E-state index contributed by atoms with van der Waals surface area (Å²) < 4.78 is 0. The molecule has 2 aromatic rings. The van der Waals surface area contributed by atoms with Crippen molar-refractivity contribution in [3.63, 3.8) is 0 Å². The van der Waals surface area contributed by atoms with Gasteiger partial charge in [-0.15, -0.1) is 0 Å². The van der Waals surface area contributed by atoms with Gasteiger partial charge in [0.1, 0.15) is 5.92 Å². The predicted molar refractivity (Wildman–Crippen MR) is 107 cm³/mol. The molecule has 0 amide bonds. The molecule has 3 aliphatic carbocycles. The first kappa shape index (κ1) is 17.2. The fourth-order valence-electron chi connectivity index (χ4n) is 5.95. The molecule has 138 valence electrons. The molecule has 1 unspecified atom stereocenters. The number of carbonyl (C=O) groups excluding carboxylic acids is 2. The number of hydrogen-bond donors (Lipinski definition) is 0. The van der Waals surface area contributed by atoms with E-state index in [1.54, 1.807) is 0 Å². The Kier molecular flexibility index (Phi) is 4.01. The van der Waals surface area contributed by atoms with Crippen LogP contribution in [0.5, 0.6) is 0 Å². The Balaban J connectivity index is 1.58. The molecule has 2 nitrogen and oxygen atoms in total. The van der Waals surface area contributed by atoms with Crippen molar-refractivity contribution in [2.75, 3.05) is 0 Å². The maximum absolute atomic E-state index is 13.3. The molecule has 3 aliphatic rings. The molecule has 2 aromatic carbocycles. The Morgan fingerprint density at radius 1 is 0.889 bits per heavy atom. The molecule has 0 radical (unpaired) electrons. The summed E-state index contributed by atoms with van der Waals surface area (Å²) in [5.74, 6) is 0.721. The Morgan fingerprint density at radius 2 is 1.48 bits per heavy atom. The van der Waals surface area contributed by atoms with E-state index in [-0.39, 0.29) is 23.4 Å². The Hall–Kier alpha value is -1.93. The van der Waals surface area contributed by atoms with Crippen LogP contribution in [0.4, 0.5) is 0 Å². The Bertz CT molecular complexity index is 902. The van der Waals surface area contributed by atoms with Crippen LogP contribution < -0.4 is 0 Å². The van der Waals surface area contributed by atoms with Gasteiger partial charge in [-0.05, 0) is 78.0 Å². The van der Waals surface area contributed by atoms with Gasteiger partial charge in [-0.3, -0.25) is 9.59 Å². The number of ketones is 2. The molecular formula is C24H23ClO2. The zero-order valence-electron chi connectivity index (χ0n) is 15.5. The number of aryl methyl sites for hydroxylation is 1. The average Bonchev–Trinajstić information content (AvgIpc) is 3.36. The van der Waals surface area contributed by atoms with Crippen LogP contribution in [0.25, 0.3) is 11.1 Å². The van der Waals surface area contributed by atoms with Gasteiger partial charge in [-0.25, -0.2) is 0 Å². The van der Waals surface area contributed by atoms with E-state index in [1.807, 2.05) is 24.3 Å². The largest absolute Gasteiger partial charge is 0.298 e. The first-order chi connectivity index (χ1) is 13.1. The second kappa shape index (κ2) is 6.31. The van der Waals surface area contributed by atoms with Crippen molar-refractivity contribution in [2.45, 2.75) is 38.5 Å². The van der Waals surface area contributed by atoms with E-state index in [0.29, 0.717) is 16.9 Å². The number of rotatable bonds is 3. The number of benzene rings is 2. The molecule has 3 heteroatoms. The minimum atomic E-state index is -0.550. The number of halogens is 1. The molecule has 0 spiro atoms. The van der Waals surface area contributed by atoms with Crippen LogP contribution in [0.2, 0.25) is 5.02 Å². The summed E-state index contributed by atoms with van der Waals surface area (Å²) in [4.78, 5) is 26.6. The van der Waals surface area contributed by atoms with Crippen LogP contribution in [0.1, 0.15) is 43.2 Å². The zero-order valence-corrected chi connectivity index (χ0v) is 16.2. The second-order valence-electron chi connectivity index (χ2n) is 8.40. The van der Waals surface area contributed by atoms with Crippen molar-refractivity contribution < 1.29 is 9.59 Å². The first-order valence-corrected chi connectivity index (χ1v) is 10.4. The van der Waals surface area contributed by atoms with Crippen molar-refractivity contribution in [1.29, 1.82) is 0 Å². The number of Topliss-reactive ketones (excluding diaryl/α,β-unsaturated/α-hetero) is 2. The van der Waals surface area contributed by atoms with Crippen LogP contribution in [-0.2, 0) is 16.0 Å². The van der Waals surface area contributed by atoms with Crippen LogP contribution >= 0.6 is 11.6 Å². The van der Waals surface area contributed by atoms with Crippen molar-refractivity contribution in [3.05, 3.63) is 58.6 Å². The molecule has 0 heterocycles. The van der Waals surface area contributed by atoms with E-state index in [1.165, 1.54) is 0 Å². The summed E-state index contributed by atoms with van der Waals surface area (Å²) in [5.41, 5.74) is 4.15. The van der Waals surface area contributed by atoms with Gasteiger partial charge in [0.15, 0.2) is 11.6 Å². The van der Waals surface area contributed by atoms with E-state index in [0.717, 1.165) is 47.9 Å². The summed E-state index contributed by atoms with van der Waals surface area (Å²) >= 11 is 6.02. The number of carbonyl (C=O) groups is 2. The molecule has 0 aromatic heterocycles. The molecule has 3 fully saturated rings. The first-order valence-electron chi connectivity index (χ1n) is 10.0. The molecule has 0 saturated heterocycles. The van der Waals surface area contributed by atoms with Crippen molar-refractivity contribution in [2.24, 2.45) is 23.7 Å². The highest BCUT2D eigenvalue weighted by molar-refractivity contribution is 6.30. The van der Waals surface area contributed by atoms with Gasteiger partial charge in [0, 0.05) is 16.9 Å². The topological polar surface area (TPSA) is 34.1 Å². The van der Waals surface area contributed by atoms with E-state index in [9.17, 15) is 9.59 Å². The standard InChI is InChI=1S/C24H23ClO2/c1-2-13-3-4-15(14-7-9-18(25)10-8-14)12-19(13)22-23(26)20-16-5-6-17(11-16)21(20)24(22)27/h3-4,7-10,12,16-17,20-22H,2,5-6,11H2,1H3/t16-,17+,20-,21+,22?. The predicted octanol–water partition coefficient (Wildman–Crippen LogP) is 5.47. The van der Waals surface area contributed by atoms with Crippen LogP contribution in [-0.4, -0.2) is 11.6 Å². The highest BCUT2D eigenvalue weighted by atomic mass is 35.5. The lowest BCUT2D eigenvalue weighted by Gasteiger charge is -2.21. The van der Waals surface area contributed by atoms with Crippen LogP contribution in [0, 0.1) is 23.7 Å². The van der Waals surface area contributed by atoms with Gasteiger partial charge in [-0.1, -0.05) is 42.8 Å². The van der Waals surface area contributed by atoms with Crippen LogP contribution in [0.3, 0.4) is 0 Å². The maximum atomic E-state index is 13.3. The lowest BCUT2D eigenvalue weighted by atomic mass is 9.81. The SMILES string of the molecule is CCc1ccc(-c2ccc(Cl)cc2)cc1C1C(=O)[C@@H]2[C@@H]3CC[C@@H](C3)[C@@H]2C1=O. The Morgan fingerprint density at radius 3 is 2.07 bits per heavy atom. The zero-order chi connectivity index (χ0) is 18.7. The molecule has 0 aliphatic heterocycles. The molecule has 2 bridgehead atoms. The monoisotopic (exact) mass is 378 g/mol. The molecular weight excluding hydrogens is 356 g/mol. The third kappa shape index (κ3) is 2.53. The molecule has 5 atom stereocenters. The third-order valence-corrected chi connectivity index (χ3v) is 7.41. The van der Waals surface area contributed by atoms with Gasteiger partial charge in [0.2, 0.25) is 0 Å². The van der Waals surface area contributed by atoms with E-state index < -0.39 is 5.92 Å². The van der Waals surface area contributed by atoms with Crippen molar-refractivity contribution in [1.82, 2.24) is 0 Å². The normalized spacial score (nSPS) is 31.6. The lowest BCUT2D eigenvalue weighted by molar-refractivity contribution is -0.125. The maximum Gasteiger partial charge on any atom is 0.151 e. The second-order valence-corrected chi connectivity index (χ2v) is 8.83. The van der Waals surface area contributed by atoms with Gasteiger partial charge in [-0.2, -0.15) is 0 Å². The number of hydrogen-bond acceptors (Lipinski definition) is 2. The molecule has 5 rings (SSSR count). The average molecular weight is 379 g/mol. The van der Waals surface area contributed by atoms with E-state index in [4.69, 9.17) is 11.6 Å². The van der Waals surface area contributed by atoms with Gasteiger partial charge >= 0.3 is 0 Å². The van der Waals surface area contributed by atoms with Crippen LogP contribution in [0.15, 0.2) is 42.5 Å². The lowest BCUT2D eigenvalue weighted by Crippen LogP contribution is -2.24. The highest BCUT2D eigenvalue weighted by Crippen LogP contribution is 2.59. The summed E-state index contributed by atoms with van der Waals surface area (Å²) in [5, 5.41) is 0.702. The van der Waals surface area contributed by atoms with Crippen molar-refractivity contribution in [3.8, 4) is 11.1 Å². The van der Waals surface area contributed by atoms with Gasteiger partial charge < -0.3 is 0 Å². The quantitative estimate of drug-likeness (QED) is 0.664. The van der Waals surface area contributed by atoms with E-state index in [2.05, 4.69) is 25.1 Å². The summed E-state index contributed by atoms with van der Waals surface area (Å²) in [6.45, 7) is 2.09. The fourth-order valence-corrected chi connectivity index (χ4v) is 6.08. The highest BCUT2D eigenvalue weighted by Gasteiger charge is 2.61. The minimum absolute atomic E-state index is 0.00913. The smallest absolute Gasteiger partial charge is 0.151 e. The third-order valence-electron chi connectivity index (χ3n) is 7.16. The molecule has 27 heavy (non-hydrogen) atoms.